The lowest BCUT2D eigenvalue weighted by Crippen LogP contribution is -2.26. The van der Waals surface area contributed by atoms with Gasteiger partial charge < -0.3 is 9.32 Å². The van der Waals surface area contributed by atoms with Crippen LogP contribution in [0.3, 0.4) is 0 Å². The van der Waals surface area contributed by atoms with Crippen molar-refractivity contribution in [2.75, 3.05) is 17.8 Å². The second-order valence-electron chi connectivity index (χ2n) is 3.20. The van der Waals surface area contributed by atoms with Crippen LogP contribution >= 0.6 is 11.6 Å². The van der Waals surface area contributed by atoms with Gasteiger partial charge in [-0.15, -0.1) is 11.6 Å². The summed E-state index contributed by atoms with van der Waals surface area (Å²) < 4.78 is 5.33. The number of carbonyl (C=O) groups is 1. The summed E-state index contributed by atoms with van der Waals surface area (Å²) in [7, 11) is 1.68. The molecule has 4 heteroatoms. The molecule has 0 fully saturated rings. The zero-order chi connectivity index (χ0) is 10.8. The minimum absolute atomic E-state index is 0.0317. The van der Waals surface area contributed by atoms with Gasteiger partial charge in [0.15, 0.2) is 0 Å². The summed E-state index contributed by atoms with van der Waals surface area (Å²) in [5, 5.41) is 0.915. The fraction of sp³-hybridized carbons (Fsp3) is 0.182. The average Bonchev–Trinajstić information content (AvgIpc) is 2.70. The predicted molar refractivity (Wildman–Crippen MR) is 60.3 cm³/mol. The minimum Gasteiger partial charge on any atom is -0.462 e. The number of furan rings is 1. The Hall–Kier alpha value is -1.48. The number of hydrogen-bond donors (Lipinski definition) is 0. The molecule has 1 aromatic heterocycles. The Morgan fingerprint density at radius 1 is 1.47 bits per heavy atom. The highest BCUT2D eigenvalue weighted by molar-refractivity contribution is 6.29. The van der Waals surface area contributed by atoms with Gasteiger partial charge in [0, 0.05) is 12.4 Å². The summed E-state index contributed by atoms with van der Waals surface area (Å²) in [4.78, 5) is 12.9. The van der Waals surface area contributed by atoms with Crippen LogP contribution in [-0.4, -0.2) is 18.8 Å². The van der Waals surface area contributed by atoms with E-state index in [-0.39, 0.29) is 11.8 Å². The van der Waals surface area contributed by atoms with Crippen LogP contribution in [-0.2, 0) is 4.79 Å². The smallest absolute Gasteiger partial charge is 0.241 e. The van der Waals surface area contributed by atoms with Gasteiger partial charge in [-0.25, -0.2) is 0 Å². The minimum atomic E-state index is -0.150. The number of para-hydroxylation sites is 1. The number of hydrogen-bond acceptors (Lipinski definition) is 2. The number of anilines is 1. The molecule has 2 aromatic rings. The van der Waals surface area contributed by atoms with Crippen molar-refractivity contribution in [1.82, 2.24) is 0 Å². The van der Waals surface area contributed by atoms with Gasteiger partial charge in [0.05, 0.1) is 5.69 Å². The van der Waals surface area contributed by atoms with E-state index in [9.17, 15) is 4.79 Å². The topological polar surface area (TPSA) is 33.5 Å². The van der Waals surface area contributed by atoms with Crippen LogP contribution in [0.2, 0.25) is 0 Å². The molecule has 0 saturated carbocycles. The Morgan fingerprint density at radius 2 is 2.20 bits per heavy atom. The van der Waals surface area contributed by atoms with Gasteiger partial charge in [0.1, 0.15) is 17.7 Å². The average molecular weight is 224 g/mol. The normalized spacial score (nSPS) is 10.5. The Labute approximate surface area is 92.2 Å². The molecule has 0 aliphatic carbocycles. The summed E-state index contributed by atoms with van der Waals surface area (Å²) in [6.45, 7) is 0. The zero-order valence-corrected chi connectivity index (χ0v) is 8.99. The molecule has 78 valence electrons. The molecule has 1 heterocycles. The molecule has 0 bridgehead atoms. The number of benzene rings is 1. The summed E-state index contributed by atoms with van der Waals surface area (Å²) >= 11 is 5.49. The number of alkyl halides is 1. The molecular formula is C11H10ClNO2. The first-order valence-corrected chi connectivity index (χ1v) is 5.06. The van der Waals surface area contributed by atoms with E-state index in [0.717, 1.165) is 16.7 Å². The molecule has 0 unspecified atom stereocenters. The first-order chi connectivity index (χ1) is 7.24. The summed E-state index contributed by atoms with van der Waals surface area (Å²) in [6.07, 6.45) is 1.56. The van der Waals surface area contributed by atoms with Crippen LogP contribution < -0.4 is 4.90 Å². The summed E-state index contributed by atoms with van der Waals surface area (Å²) in [5.74, 6) is -0.182. The maximum atomic E-state index is 11.4. The highest BCUT2D eigenvalue weighted by Crippen LogP contribution is 2.28. The number of carbonyl (C=O) groups excluding carboxylic acids is 1. The van der Waals surface area contributed by atoms with E-state index in [1.807, 2.05) is 24.3 Å². The maximum Gasteiger partial charge on any atom is 0.241 e. The van der Waals surface area contributed by atoms with E-state index in [1.54, 1.807) is 13.3 Å². The van der Waals surface area contributed by atoms with Crippen molar-refractivity contribution in [3.8, 4) is 0 Å². The molecule has 0 saturated heterocycles. The van der Waals surface area contributed by atoms with Crippen LogP contribution in [0.25, 0.3) is 11.0 Å². The number of rotatable bonds is 2. The van der Waals surface area contributed by atoms with Gasteiger partial charge in [-0.05, 0) is 12.1 Å². The Kier molecular flexibility index (Phi) is 2.64. The van der Waals surface area contributed by atoms with Crippen molar-refractivity contribution in [2.24, 2.45) is 0 Å². The van der Waals surface area contributed by atoms with Crippen molar-refractivity contribution in [3.05, 3.63) is 30.5 Å². The fourth-order valence-corrected chi connectivity index (χ4v) is 1.63. The van der Waals surface area contributed by atoms with Gasteiger partial charge in [-0.2, -0.15) is 0 Å². The van der Waals surface area contributed by atoms with Gasteiger partial charge in [-0.1, -0.05) is 12.1 Å². The van der Waals surface area contributed by atoms with E-state index in [2.05, 4.69) is 0 Å². The van der Waals surface area contributed by atoms with Gasteiger partial charge in [0.2, 0.25) is 5.91 Å². The monoisotopic (exact) mass is 223 g/mol. The quantitative estimate of drug-likeness (QED) is 0.734. The second-order valence-corrected chi connectivity index (χ2v) is 3.47. The van der Waals surface area contributed by atoms with Crippen LogP contribution in [0, 0.1) is 0 Å². The van der Waals surface area contributed by atoms with Crippen LogP contribution in [0.1, 0.15) is 0 Å². The first kappa shape index (κ1) is 10.1. The third-order valence-corrected chi connectivity index (χ3v) is 2.54. The van der Waals surface area contributed by atoms with E-state index >= 15 is 0 Å². The molecule has 0 aliphatic heterocycles. The highest BCUT2D eigenvalue weighted by Gasteiger charge is 2.14. The molecule has 0 aliphatic rings. The third-order valence-electron chi connectivity index (χ3n) is 2.31. The van der Waals surface area contributed by atoms with Crippen LogP contribution in [0.5, 0.6) is 0 Å². The third kappa shape index (κ3) is 1.70. The Balaban J connectivity index is 2.48. The Bertz CT molecular complexity index is 492. The van der Waals surface area contributed by atoms with E-state index in [1.165, 1.54) is 4.90 Å². The van der Waals surface area contributed by atoms with Crippen LogP contribution in [0.4, 0.5) is 5.69 Å². The fourth-order valence-electron chi connectivity index (χ4n) is 1.45. The van der Waals surface area contributed by atoms with Crippen LogP contribution in [0.15, 0.2) is 34.9 Å². The Morgan fingerprint density at radius 3 is 2.93 bits per heavy atom. The molecule has 0 N–H and O–H groups in total. The number of amides is 1. The highest BCUT2D eigenvalue weighted by atomic mass is 35.5. The van der Waals surface area contributed by atoms with E-state index < -0.39 is 0 Å². The largest absolute Gasteiger partial charge is 0.462 e. The summed E-state index contributed by atoms with van der Waals surface area (Å²) in [6, 6.07) is 7.56. The van der Waals surface area contributed by atoms with Crippen molar-refractivity contribution in [3.63, 3.8) is 0 Å². The van der Waals surface area contributed by atoms with E-state index in [0.29, 0.717) is 0 Å². The zero-order valence-electron chi connectivity index (χ0n) is 8.24. The lowest BCUT2D eigenvalue weighted by atomic mass is 10.2. The van der Waals surface area contributed by atoms with Crippen molar-refractivity contribution >= 4 is 34.2 Å². The van der Waals surface area contributed by atoms with Crippen molar-refractivity contribution < 1.29 is 9.21 Å². The first-order valence-electron chi connectivity index (χ1n) is 4.53. The molecule has 0 spiro atoms. The lowest BCUT2D eigenvalue weighted by Gasteiger charge is -2.13. The molecule has 0 atom stereocenters. The maximum absolute atomic E-state index is 11.4. The van der Waals surface area contributed by atoms with Crippen molar-refractivity contribution in [1.29, 1.82) is 0 Å². The molecule has 2 rings (SSSR count). The SMILES string of the molecule is CN(C(=O)CCl)c1coc2ccccc12. The molecule has 3 nitrogen and oxygen atoms in total. The molecule has 0 radical (unpaired) electrons. The predicted octanol–water partition coefficient (Wildman–Crippen LogP) is 2.63. The van der Waals surface area contributed by atoms with Gasteiger partial charge in [-0.3, -0.25) is 4.79 Å². The number of fused-ring (bicyclic) bond motifs is 1. The van der Waals surface area contributed by atoms with E-state index in [4.69, 9.17) is 16.0 Å². The van der Waals surface area contributed by atoms with Crippen molar-refractivity contribution in [2.45, 2.75) is 0 Å². The standard InChI is InChI=1S/C11H10ClNO2/c1-13(11(14)6-12)9-7-15-10-5-3-2-4-8(9)10/h2-5,7H,6H2,1H3. The number of nitrogens with zero attached hydrogens (tertiary/aromatic N) is 1. The molecule has 1 aromatic carbocycles. The molecule has 15 heavy (non-hydrogen) atoms. The van der Waals surface area contributed by atoms with Gasteiger partial charge in [0.25, 0.3) is 0 Å². The molecule has 1 amide bonds. The summed E-state index contributed by atoms with van der Waals surface area (Å²) in [5.41, 5.74) is 1.51. The second kappa shape index (κ2) is 3.95. The lowest BCUT2D eigenvalue weighted by molar-refractivity contribution is -0.116. The van der Waals surface area contributed by atoms with Gasteiger partial charge >= 0.3 is 0 Å². The molecular weight excluding hydrogens is 214 g/mol. The number of halogens is 1.